The summed E-state index contributed by atoms with van der Waals surface area (Å²) in [5, 5.41) is 4.04. The lowest BCUT2D eigenvalue weighted by atomic mass is 9.88. The monoisotopic (exact) mass is 255 g/mol. The number of halogens is 1. The molecule has 1 heterocycles. The van der Waals surface area contributed by atoms with Crippen molar-refractivity contribution in [2.24, 2.45) is 0 Å². The number of ether oxygens (including phenoxy) is 2. The van der Waals surface area contributed by atoms with Gasteiger partial charge in [0.2, 0.25) is 0 Å². The Kier molecular flexibility index (Phi) is 4.13. The number of fused-ring (bicyclic) bond motifs is 1. The summed E-state index contributed by atoms with van der Waals surface area (Å²) in [5.41, 5.74) is 2.41. The van der Waals surface area contributed by atoms with E-state index in [2.05, 4.69) is 5.32 Å². The first-order chi connectivity index (χ1) is 8.26. The molecule has 1 N–H and O–H groups in total. The van der Waals surface area contributed by atoms with E-state index in [1.165, 1.54) is 5.56 Å². The topological polar surface area (TPSA) is 30.5 Å². The highest BCUT2D eigenvalue weighted by Gasteiger charge is 2.21. The van der Waals surface area contributed by atoms with Gasteiger partial charge in [0.15, 0.2) is 0 Å². The molecular formula is C13H18ClNO2. The van der Waals surface area contributed by atoms with Crippen LogP contribution in [0.4, 0.5) is 5.69 Å². The van der Waals surface area contributed by atoms with Crippen LogP contribution in [0.5, 0.6) is 5.75 Å². The van der Waals surface area contributed by atoms with Gasteiger partial charge in [-0.3, -0.25) is 0 Å². The zero-order valence-electron chi connectivity index (χ0n) is 10.3. The molecule has 1 atom stereocenters. The summed E-state index contributed by atoms with van der Waals surface area (Å²) in [5.74, 6) is 1.27. The zero-order chi connectivity index (χ0) is 12.3. The van der Waals surface area contributed by atoms with Crippen molar-refractivity contribution in [2.75, 3.05) is 32.7 Å². The van der Waals surface area contributed by atoms with Gasteiger partial charge in [0.05, 0.1) is 12.1 Å². The maximum Gasteiger partial charge on any atom is 0.137 e. The van der Waals surface area contributed by atoms with E-state index in [1.54, 1.807) is 14.2 Å². The maximum absolute atomic E-state index is 6.12. The molecule has 0 aromatic heterocycles. The highest BCUT2D eigenvalue weighted by molar-refractivity contribution is 6.32. The lowest BCUT2D eigenvalue weighted by molar-refractivity contribution is 0.186. The second-order valence-corrected chi connectivity index (χ2v) is 4.68. The summed E-state index contributed by atoms with van der Waals surface area (Å²) in [6.45, 7) is 1.78. The van der Waals surface area contributed by atoms with Gasteiger partial charge in [-0.1, -0.05) is 11.6 Å². The van der Waals surface area contributed by atoms with E-state index in [-0.39, 0.29) is 0 Å². The van der Waals surface area contributed by atoms with Crippen LogP contribution >= 0.6 is 11.6 Å². The fourth-order valence-corrected chi connectivity index (χ4v) is 2.55. The van der Waals surface area contributed by atoms with Crippen molar-refractivity contribution in [1.29, 1.82) is 0 Å². The van der Waals surface area contributed by atoms with Crippen LogP contribution in [0.2, 0.25) is 5.02 Å². The lowest BCUT2D eigenvalue weighted by Crippen LogP contribution is -2.18. The average molecular weight is 256 g/mol. The van der Waals surface area contributed by atoms with E-state index >= 15 is 0 Å². The number of hydrogen-bond acceptors (Lipinski definition) is 3. The molecule has 0 aliphatic carbocycles. The van der Waals surface area contributed by atoms with Gasteiger partial charge >= 0.3 is 0 Å². The molecule has 0 spiro atoms. The summed E-state index contributed by atoms with van der Waals surface area (Å²) in [6.07, 6.45) is 2.16. The van der Waals surface area contributed by atoms with Gasteiger partial charge in [0, 0.05) is 25.9 Å². The Bertz CT molecular complexity index is 395. The normalized spacial score (nSPS) is 18.4. The molecule has 17 heavy (non-hydrogen) atoms. The molecule has 1 aromatic carbocycles. The van der Waals surface area contributed by atoms with E-state index in [1.807, 2.05) is 12.1 Å². The van der Waals surface area contributed by atoms with Crippen molar-refractivity contribution in [1.82, 2.24) is 0 Å². The van der Waals surface area contributed by atoms with E-state index < -0.39 is 0 Å². The molecule has 1 unspecified atom stereocenters. The third-order valence-electron chi connectivity index (χ3n) is 3.24. The Morgan fingerprint density at radius 3 is 2.94 bits per heavy atom. The van der Waals surface area contributed by atoms with Crippen LogP contribution in [-0.4, -0.2) is 27.4 Å². The number of methoxy groups -OCH3 is 2. The van der Waals surface area contributed by atoms with Crippen LogP contribution < -0.4 is 10.1 Å². The van der Waals surface area contributed by atoms with Crippen molar-refractivity contribution in [3.8, 4) is 5.75 Å². The van der Waals surface area contributed by atoms with Gasteiger partial charge in [0.25, 0.3) is 0 Å². The molecule has 3 nitrogen and oxygen atoms in total. The third-order valence-corrected chi connectivity index (χ3v) is 3.54. The molecule has 1 aliphatic heterocycles. The molecule has 1 aliphatic rings. The van der Waals surface area contributed by atoms with Gasteiger partial charge in [-0.25, -0.2) is 0 Å². The predicted molar refractivity (Wildman–Crippen MR) is 70.3 cm³/mol. The minimum atomic E-state index is 0.525. The Balaban J connectivity index is 2.29. The van der Waals surface area contributed by atoms with Crippen molar-refractivity contribution in [3.05, 3.63) is 22.7 Å². The van der Waals surface area contributed by atoms with Crippen LogP contribution in [-0.2, 0) is 4.74 Å². The highest BCUT2D eigenvalue weighted by Crippen LogP contribution is 2.39. The van der Waals surface area contributed by atoms with Crippen LogP contribution in [0.1, 0.15) is 24.3 Å². The van der Waals surface area contributed by atoms with Crippen molar-refractivity contribution < 1.29 is 9.47 Å². The molecule has 0 amide bonds. The highest BCUT2D eigenvalue weighted by atomic mass is 35.5. The first kappa shape index (κ1) is 12.5. The van der Waals surface area contributed by atoms with Crippen LogP contribution in [0.15, 0.2) is 12.1 Å². The van der Waals surface area contributed by atoms with Gasteiger partial charge in [-0.15, -0.1) is 0 Å². The van der Waals surface area contributed by atoms with Gasteiger partial charge in [-0.2, -0.15) is 0 Å². The minimum Gasteiger partial charge on any atom is -0.495 e. The fourth-order valence-electron chi connectivity index (χ4n) is 2.31. The Morgan fingerprint density at radius 2 is 2.24 bits per heavy atom. The first-order valence-corrected chi connectivity index (χ1v) is 6.24. The molecule has 2 rings (SSSR count). The zero-order valence-corrected chi connectivity index (χ0v) is 11.0. The van der Waals surface area contributed by atoms with Crippen molar-refractivity contribution >= 4 is 17.3 Å². The molecule has 4 heteroatoms. The third kappa shape index (κ3) is 2.67. The SMILES string of the molecule is COCCC1CCNc2cc(Cl)c(OC)cc21. The predicted octanol–water partition coefficient (Wildman–Crippen LogP) is 3.28. The number of benzene rings is 1. The summed E-state index contributed by atoms with van der Waals surface area (Å²) in [6, 6.07) is 4.00. The summed E-state index contributed by atoms with van der Waals surface area (Å²) < 4.78 is 10.4. The van der Waals surface area contributed by atoms with E-state index in [0.717, 1.165) is 37.4 Å². The molecule has 0 fully saturated rings. The Labute approximate surface area is 107 Å². The minimum absolute atomic E-state index is 0.525. The first-order valence-electron chi connectivity index (χ1n) is 5.86. The van der Waals surface area contributed by atoms with Gasteiger partial charge in [-0.05, 0) is 36.5 Å². The number of anilines is 1. The molecule has 1 aromatic rings. The number of hydrogen-bond donors (Lipinski definition) is 1. The average Bonchev–Trinajstić information content (AvgIpc) is 2.35. The molecule has 94 valence electrons. The van der Waals surface area contributed by atoms with E-state index in [9.17, 15) is 0 Å². The standard InChI is InChI=1S/C13H18ClNO2/c1-16-6-4-9-3-5-15-12-8-11(14)13(17-2)7-10(9)12/h7-9,15H,3-6H2,1-2H3. The second kappa shape index (κ2) is 5.61. The second-order valence-electron chi connectivity index (χ2n) is 4.27. The van der Waals surface area contributed by atoms with Crippen molar-refractivity contribution in [3.63, 3.8) is 0 Å². The molecule has 0 saturated heterocycles. The molecular weight excluding hydrogens is 238 g/mol. The molecule has 0 bridgehead atoms. The van der Waals surface area contributed by atoms with Crippen LogP contribution in [0.25, 0.3) is 0 Å². The fraction of sp³-hybridized carbons (Fsp3) is 0.538. The largest absolute Gasteiger partial charge is 0.495 e. The van der Waals surface area contributed by atoms with Crippen LogP contribution in [0.3, 0.4) is 0 Å². The van der Waals surface area contributed by atoms with Gasteiger partial charge in [0.1, 0.15) is 5.75 Å². The summed E-state index contributed by atoms with van der Waals surface area (Å²) in [7, 11) is 3.39. The smallest absolute Gasteiger partial charge is 0.137 e. The Morgan fingerprint density at radius 1 is 1.41 bits per heavy atom. The number of nitrogens with one attached hydrogen (secondary N) is 1. The molecule has 0 saturated carbocycles. The Hall–Kier alpha value is -0.930. The van der Waals surface area contributed by atoms with E-state index in [4.69, 9.17) is 21.1 Å². The van der Waals surface area contributed by atoms with Crippen LogP contribution in [0, 0.1) is 0 Å². The summed E-state index contributed by atoms with van der Waals surface area (Å²) >= 11 is 6.12. The van der Waals surface area contributed by atoms with Crippen molar-refractivity contribution in [2.45, 2.75) is 18.8 Å². The molecule has 0 radical (unpaired) electrons. The quantitative estimate of drug-likeness (QED) is 0.896. The summed E-state index contributed by atoms with van der Waals surface area (Å²) in [4.78, 5) is 0. The lowest BCUT2D eigenvalue weighted by Gasteiger charge is -2.27. The van der Waals surface area contributed by atoms with E-state index in [0.29, 0.717) is 10.9 Å². The number of rotatable bonds is 4. The van der Waals surface area contributed by atoms with Gasteiger partial charge < -0.3 is 14.8 Å². The maximum atomic E-state index is 6.12.